The molecular formula is C16H19NO3. The molecule has 4 heteroatoms. The highest BCUT2D eigenvalue weighted by Gasteiger charge is 2.26. The molecule has 2 N–H and O–H groups in total. The maximum atomic E-state index is 12.2. The van der Waals surface area contributed by atoms with Crippen LogP contribution in [-0.2, 0) is 4.74 Å². The molecule has 1 aliphatic rings. The van der Waals surface area contributed by atoms with Gasteiger partial charge in [0.2, 0.25) is 5.76 Å². The summed E-state index contributed by atoms with van der Waals surface area (Å²) in [5.41, 5.74) is 7.03. The number of benzene rings is 1. The maximum absolute atomic E-state index is 12.2. The van der Waals surface area contributed by atoms with Gasteiger partial charge in [0.25, 0.3) is 0 Å². The average molecular weight is 273 g/mol. The van der Waals surface area contributed by atoms with Gasteiger partial charge in [-0.05, 0) is 49.4 Å². The average Bonchev–Trinajstić information content (AvgIpc) is 2.84. The second kappa shape index (κ2) is 5.19. The van der Waals surface area contributed by atoms with E-state index >= 15 is 0 Å². The standard InChI is InChI=1S/C16H19NO3/c1-10-4-2-3-5-13(10)20-16(18)15-9-11-8-12(17)6-7-14(11)19-15/h6-10,13H,2-5,17H2,1H3. The zero-order chi connectivity index (χ0) is 14.1. The van der Waals surface area contributed by atoms with Crippen LogP contribution in [0.5, 0.6) is 0 Å². The lowest BCUT2D eigenvalue weighted by atomic mass is 9.88. The van der Waals surface area contributed by atoms with Crippen molar-refractivity contribution < 1.29 is 13.9 Å². The molecule has 2 aromatic rings. The number of nitrogen functional groups attached to an aromatic ring is 1. The first-order valence-electron chi connectivity index (χ1n) is 7.13. The predicted octanol–water partition coefficient (Wildman–Crippen LogP) is 3.75. The van der Waals surface area contributed by atoms with E-state index < -0.39 is 0 Å². The van der Waals surface area contributed by atoms with Crippen LogP contribution in [0, 0.1) is 5.92 Å². The zero-order valence-corrected chi connectivity index (χ0v) is 11.6. The van der Waals surface area contributed by atoms with Crippen molar-refractivity contribution in [3.05, 3.63) is 30.0 Å². The van der Waals surface area contributed by atoms with E-state index in [1.165, 1.54) is 6.42 Å². The highest BCUT2D eigenvalue weighted by molar-refractivity contribution is 5.93. The Balaban J connectivity index is 1.78. The molecule has 1 fully saturated rings. The minimum absolute atomic E-state index is 0.00883. The van der Waals surface area contributed by atoms with Gasteiger partial charge in [0.05, 0.1) is 0 Å². The fourth-order valence-electron chi connectivity index (χ4n) is 2.82. The molecule has 106 valence electrons. The first-order chi connectivity index (χ1) is 9.63. The Morgan fingerprint density at radius 3 is 2.90 bits per heavy atom. The molecule has 1 saturated carbocycles. The van der Waals surface area contributed by atoms with E-state index in [4.69, 9.17) is 14.9 Å². The zero-order valence-electron chi connectivity index (χ0n) is 11.6. The first-order valence-corrected chi connectivity index (χ1v) is 7.13. The second-order valence-electron chi connectivity index (χ2n) is 5.61. The number of carbonyl (C=O) groups excluding carboxylic acids is 1. The molecule has 0 bridgehead atoms. The molecular weight excluding hydrogens is 254 g/mol. The number of hydrogen-bond donors (Lipinski definition) is 1. The number of furan rings is 1. The number of rotatable bonds is 2. The summed E-state index contributed by atoms with van der Waals surface area (Å²) < 4.78 is 11.1. The van der Waals surface area contributed by atoms with Gasteiger partial charge in [-0.25, -0.2) is 4.79 Å². The quantitative estimate of drug-likeness (QED) is 0.668. The van der Waals surface area contributed by atoms with Gasteiger partial charge in [-0.3, -0.25) is 0 Å². The highest BCUT2D eigenvalue weighted by Crippen LogP contribution is 2.28. The molecule has 0 radical (unpaired) electrons. The number of esters is 1. The molecule has 1 aliphatic carbocycles. The second-order valence-corrected chi connectivity index (χ2v) is 5.61. The predicted molar refractivity (Wildman–Crippen MR) is 77.5 cm³/mol. The number of fused-ring (bicyclic) bond motifs is 1. The van der Waals surface area contributed by atoms with Gasteiger partial charge in [0, 0.05) is 11.1 Å². The van der Waals surface area contributed by atoms with E-state index in [-0.39, 0.29) is 17.8 Å². The monoisotopic (exact) mass is 273 g/mol. The lowest BCUT2D eigenvalue weighted by molar-refractivity contribution is 0.00195. The van der Waals surface area contributed by atoms with Gasteiger partial charge < -0.3 is 14.9 Å². The molecule has 2 atom stereocenters. The highest BCUT2D eigenvalue weighted by atomic mass is 16.6. The van der Waals surface area contributed by atoms with Gasteiger partial charge in [-0.1, -0.05) is 13.3 Å². The van der Waals surface area contributed by atoms with E-state index in [0.29, 0.717) is 17.2 Å². The van der Waals surface area contributed by atoms with E-state index in [1.54, 1.807) is 24.3 Å². The maximum Gasteiger partial charge on any atom is 0.374 e. The minimum atomic E-state index is -0.376. The molecule has 4 nitrogen and oxygen atoms in total. The SMILES string of the molecule is CC1CCCCC1OC(=O)c1cc2cc(N)ccc2o1. The van der Waals surface area contributed by atoms with Gasteiger partial charge >= 0.3 is 5.97 Å². The Kier molecular flexibility index (Phi) is 3.38. The lowest BCUT2D eigenvalue weighted by Gasteiger charge is -2.27. The Hall–Kier alpha value is -1.97. The molecule has 2 unspecified atom stereocenters. The van der Waals surface area contributed by atoms with Crippen LogP contribution in [0.25, 0.3) is 11.0 Å². The van der Waals surface area contributed by atoms with Crippen molar-refractivity contribution in [1.82, 2.24) is 0 Å². The van der Waals surface area contributed by atoms with Crippen molar-refractivity contribution >= 4 is 22.6 Å². The summed E-state index contributed by atoms with van der Waals surface area (Å²) in [7, 11) is 0. The molecule has 1 aromatic carbocycles. The summed E-state index contributed by atoms with van der Waals surface area (Å²) in [5.74, 6) is 0.301. The fourth-order valence-corrected chi connectivity index (χ4v) is 2.82. The topological polar surface area (TPSA) is 65.5 Å². The normalized spacial score (nSPS) is 22.9. The molecule has 0 amide bonds. The molecule has 0 spiro atoms. The third-order valence-electron chi connectivity index (χ3n) is 4.03. The van der Waals surface area contributed by atoms with Gasteiger partial charge in [0.1, 0.15) is 11.7 Å². The van der Waals surface area contributed by atoms with E-state index in [9.17, 15) is 4.79 Å². The van der Waals surface area contributed by atoms with Crippen LogP contribution in [-0.4, -0.2) is 12.1 Å². The number of anilines is 1. The van der Waals surface area contributed by atoms with Crippen molar-refractivity contribution in [3.8, 4) is 0 Å². The molecule has 1 aromatic heterocycles. The van der Waals surface area contributed by atoms with Crippen LogP contribution in [0.3, 0.4) is 0 Å². The summed E-state index contributed by atoms with van der Waals surface area (Å²) in [6, 6.07) is 7.01. The number of nitrogens with two attached hydrogens (primary N) is 1. The van der Waals surface area contributed by atoms with Crippen LogP contribution >= 0.6 is 0 Å². The van der Waals surface area contributed by atoms with Crippen LogP contribution in [0.2, 0.25) is 0 Å². The van der Waals surface area contributed by atoms with Crippen molar-refractivity contribution in [1.29, 1.82) is 0 Å². The van der Waals surface area contributed by atoms with Gasteiger partial charge in [-0.2, -0.15) is 0 Å². The first kappa shape index (κ1) is 13.0. The minimum Gasteiger partial charge on any atom is -0.456 e. The Morgan fingerprint density at radius 2 is 2.10 bits per heavy atom. The Morgan fingerprint density at radius 1 is 1.30 bits per heavy atom. The van der Waals surface area contributed by atoms with Crippen LogP contribution in [0.4, 0.5) is 5.69 Å². The summed E-state index contributed by atoms with van der Waals surface area (Å²) >= 11 is 0. The summed E-state index contributed by atoms with van der Waals surface area (Å²) in [6.45, 7) is 2.14. The largest absolute Gasteiger partial charge is 0.456 e. The smallest absolute Gasteiger partial charge is 0.374 e. The summed E-state index contributed by atoms with van der Waals surface area (Å²) in [6.07, 6.45) is 4.42. The van der Waals surface area contributed by atoms with Crippen molar-refractivity contribution in [2.24, 2.45) is 5.92 Å². The molecule has 0 aliphatic heterocycles. The number of ether oxygens (including phenoxy) is 1. The number of hydrogen-bond acceptors (Lipinski definition) is 4. The fraction of sp³-hybridized carbons (Fsp3) is 0.438. The Bertz CT molecular complexity index is 632. The van der Waals surface area contributed by atoms with Crippen LogP contribution in [0.15, 0.2) is 28.7 Å². The molecule has 1 heterocycles. The molecule has 20 heavy (non-hydrogen) atoms. The Labute approximate surface area is 117 Å². The number of carbonyl (C=O) groups is 1. The summed E-state index contributed by atoms with van der Waals surface area (Å²) in [5, 5.41) is 0.827. The van der Waals surface area contributed by atoms with Crippen molar-refractivity contribution in [2.45, 2.75) is 38.7 Å². The third-order valence-corrected chi connectivity index (χ3v) is 4.03. The van der Waals surface area contributed by atoms with Crippen molar-refractivity contribution in [3.63, 3.8) is 0 Å². The lowest BCUT2D eigenvalue weighted by Crippen LogP contribution is -2.28. The van der Waals surface area contributed by atoms with E-state index in [0.717, 1.165) is 24.6 Å². The molecule has 3 rings (SSSR count). The van der Waals surface area contributed by atoms with E-state index in [1.807, 2.05) is 0 Å². The van der Waals surface area contributed by atoms with Crippen LogP contribution < -0.4 is 5.73 Å². The van der Waals surface area contributed by atoms with E-state index in [2.05, 4.69) is 6.92 Å². The third kappa shape index (κ3) is 2.50. The molecule has 0 saturated heterocycles. The van der Waals surface area contributed by atoms with Crippen LogP contribution in [0.1, 0.15) is 43.2 Å². The van der Waals surface area contributed by atoms with Gasteiger partial charge in [-0.15, -0.1) is 0 Å². The van der Waals surface area contributed by atoms with Gasteiger partial charge in [0.15, 0.2) is 0 Å². The van der Waals surface area contributed by atoms with Crippen molar-refractivity contribution in [2.75, 3.05) is 5.73 Å². The summed E-state index contributed by atoms with van der Waals surface area (Å²) in [4.78, 5) is 12.2.